The summed E-state index contributed by atoms with van der Waals surface area (Å²) in [6.45, 7) is 28.8. The SMILES string of the molecule is CC(O)[C@H]1CCC2=Cc3c(cnn3-c3ccc(F)cc3)C[C@]2(CO[Si](C)(C)C(C)(C)C)C1.CC(Sc1ccn(C)n1)[C@H]1CCC2=Cc3c(cnn3-c3ccc(F)cc3)C[C@]2(CO[Si](C)(C)C(C)(C)C)C1. The van der Waals surface area contributed by atoms with Gasteiger partial charge in [-0.2, -0.15) is 15.3 Å². The quantitative estimate of drug-likeness (QED) is 0.0983. The topological polar surface area (TPSA) is 92.1 Å². The molecule has 70 heavy (non-hydrogen) atoms. The summed E-state index contributed by atoms with van der Waals surface area (Å²) in [5, 5.41) is 26.3. The molecule has 14 heteroatoms. The molecule has 5 aromatic rings. The zero-order chi connectivity index (χ0) is 50.6. The number of hydrogen-bond donors (Lipinski definition) is 1. The van der Waals surface area contributed by atoms with Crippen LogP contribution in [0.2, 0.25) is 36.3 Å². The molecule has 9 nitrogen and oxygen atoms in total. The average molecular weight is 1010 g/mol. The average Bonchev–Trinajstić information content (AvgIpc) is 4.03. The number of nitrogens with zero attached hydrogens (tertiary/aromatic N) is 6. The molecule has 9 rings (SSSR count). The number of aryl methyl sites for hydroxylation is 1. The van der Waals surface area contributed by atoms with Gasteiger partial charge in [0.1, 0.15) is 16.7 Å². The lowest BCUT2D eigenvalue weighted by Gasteiger charge is -2.48. The van der Waals surface area contributed by atoms with Crippen LogP contribution in [0.1, 0.15) is 116 Å². The molecule has 0 spiro atoms. The Balaban J connectivity index is 0.000000191. The Kier molecular flexibility index (Phi) is 14.8. The first-order chi connectivity index (χ1) is 32.8. The summed E-state index contributed by atoms with van der Waals surface area (Å²) in [6.07, 6.45) is 18.4. The maximum absolute atomic E-state index is 13.6. The third kappa shape index (κ3) is 10.9. The molecule has 6 atom stereocenters. The molecule has 1 N–H and O–H groups in total. The summed E-state index contributed by atoms with van der Waals surface area (Å²) in [7, 11) is -1.86. The van der Waals surface area contributed by atoms with Crippen LogP contribution in [0.5, 0.6) is 0 Å². The smallest absolute Gasteiger partial charge is 0.192 e. The van der Waals surface area contributed by atoms with Gasteiger partial charge in [0.2, 0.25) is 0 Å². The number of hydrogen-bond acceptors (Lipinski definition) is 7. The molecule has 0 saturated heterocycles. The molecule has 2 saturated carbocycles. The van der Waals surface area contributed by atoms with Gasteiger partial charge in [-0.25, -0.2) is 18.1 Å². The van der Waals surface area contributed by atoms with Crippen molar-refractivity contribution in [3.05, 3.63) is 118 Å². The Hall–Kier alpha value is -3.93. The Bertz CT molecular complexity index is 2690. The number of halogens is 2. The van der Waals surface area contributed by atoms with Gasteiger partial charge in [0, 0.05) is 42.5 Å². The van der Waals surface area contributed by atoms with Crippen LogP contribution >= 0.6 is 11.8 Å². The van der Waals surface area contributed by atoms with Crippen molar-refractivity contribution in [2.75, 3.05) is 13.2 Å². The highest BCUT2D eigenvalue weighted by Gasteiger charge is 2.49. The number of fused-ring (bicyclic) bond motifs is 4. The van der Waals surface area contributed by atoms with Crippen LogP contribution in [0.4, 0.5) is 8.78 Å². The van der Waals surface area contributed by atoms with E-state index in [1.807, 2.05) is 58.4 Å². The highest BCUT2D eigenvalue weighted by Crippen LogP contribution is 2.54. The second-order valence-corrected chi connectivity index (χ2v) is 35.2. The van der Waals surface area contributed by atoms with Crippen molar-refractivity contribution in [3.8, 4) is 11.4 Å². The normalized spacial score (nSPS) is 23.4. The minimum atomic E-state index is -1.92. The van der Waals surface area contributed by atoms with Crippen LogP contribution in [0.25, 0.3) is 23.5 Å². The molecule has 0 aliphatic heterocycles. The molecule has 3 heterocycles. The summed E-state index contributed by atoms with van der Waals surface area (Å²) in [5.74, 6) is 0.386. The van der Waals surface area contributed by atoms with E-state index < -0.39 is 16.6 Å². The highest BCUT2D eigenvalue weighted by molar-refractivity contribution is 7.99. The highest BCUT2D eigenvalue weighted by atomic mass is 32.2. The first-order valence-electron chi connectivity index (χ1n) is 25.5. The monoisotopic (exact) mass is 1010 g/mol. The molecule has 2 fully saturated rings. The van der Waals surface area contributed by atoms with Crippen LogP contribution in [0, 0.1) is 34.3 Å². The molecule has 4 aliphatic carbocycles. The number of aliphatic hydroxyl groups is 1. The van der Waals surface area contributed by atoms with Crippen LogP contribution in [0.15, 0.2) is 89.4 Å². The second-order valence-electron chi connectivity index (χ2n) is 24.1. The number of aliphatic hydroxyl groups excluding tert-OH is 1. The van der Waals surface area contributed by atoms with Crippen molar-refractivity contribution in [3.63, 3.8) is 0 Å². The van der Waals surface area contributed by atoms with E-state index in [2.05, 4.69) is 103 Å². The van der Waals surface area contributed by atoms with Gasteiger partial charge < -0.3 is 14.0 Å². The van der Waals surface area contributed by atoms with Gasteiger partial charge in [-0.15, -0.1) is 11.8 Å². The fourth-order valence-electron chi connectivity index (χ4n) is 10.5. The minimum Gasteiger partial charge on any atom is -0.416 e. The van der Waals surface area contributed by atoms with E-state index in [-0.39, 0.29) is 44.6 Å². The Morgan fingerprint density at radius 1 is 0.700 bits per heavy atom. The standard InChI is InChI=1S/C30H41FN4OSSi.C26H37FN2O2Si/c1-21(37-28-14-15-34(5)33-28)22-8-9-24-16-27-23(19-32-35(27)26-12-10-25(31)11-13-26)18-30(24,17-22)20-36-38(6,7)29(2,3)4;1-18(30)19-7-8-21-13-24-20(16-28-29(24)23-11-9-22(27)10-12-23)15-26(21,14-19)17-31-32(5,6)25(2,3)4/h10-16,19,21-22H,8-9,17-18,20H2,1-7H3;9-13,16,18-19,30H,7-8,14-15,17H2,1-6H3/t21?,22-,30-;18?,19-,26-/m00/s1. The number of thioether (sulfide) groups is 1. The summed E-state index contributed by atoms with van der Waals surface area (Å²) in [6, 6.07) is 15.2. The Morgan fingerprint density at radius 2 is 1.13 bits per heavy atom. The van der Waals surface area contributed by atoms with Gasteiger partial charge in [-0.3, -0.25) is 4.68 Å². The molecule has 2 aromatic carbocycles. The molecule has 2 unspecified atom stereocenters. The summed E-state index contributed by atoms with van der Waals surface area (Å²) in [5.41, 5.74) is 9.19. The van der Waals surface area contributed by atoms with Crippen molar-refractivity contribution in [2.45, 2.75) is 159 Å². The van der Waals surface area contributed by atoms with Crippen LogP contribution in [0.3, 0.4) is 0 Å². The van der Waals surface area contributed by atoms with Crippen LogP contribution in [-0.2, 0) is 28.7 Å². The van der Waals surface area contributed by atoms with Gasteiger partial charge in [0.25, 0.3) is 0 Å². The largest absolute Gasteiger partial charge is 0.416 e. The first-order valence-corrected chi connectivity index (χ1v) is 32.2. The lowest BCUT2D eigenvalue weighted by molar-refractivity contribution is 0.0450. The molecule has 0 radical (unpaired) electrons. The molecule has 0 bridgehead atoms. The molecule has 3 aromatic heterocycles. The Morgan fingerprint density at radius 3 is 1.53 bits per heavy atom. The van der Waals surface area contributed by atoms with E-state index in [0.717, 1.165) is 85.8 Å². The zero-order valence-electron chi connectivity index (χ0n) is 44.1. The molecular formula is C56H78F2N6O3SSi2. The van der Waals surface area contributed by atoms with Gasteiger partial charge in [-0.05, 0) is 184 Å². The second kappa shape index (κ2) is 19.8. The van der Waals surface area contributed by atoms with Gasteiger partial charge in [0.05, 0.1) is 41.3 Å². The predicted octanol–water partition coefficient (Wildman–Crippen LogP) is 13.8. The van der Waals surface area contributed by atoms with Gasteiger partial charge in [0.15, 0.2) is 16.6 Å². The third-order valence-electron chi connectivity index (χ3n) is 17.2. The molecule has 378 valence electrons. The zero-order valence-corrected chi connectivity index (χ0v) is 46.9. The van der Waals surface area contributed by atoms with Crippen LogP contribution in [-0.4, -0.2) is 75.7 Å². The minimum absolute atomic E-state index is 0.0268. The van der Waals surface area contributed by atoms with Crippen molar-refractivity contribution in [1.82, 2.24) is 29.3 Å². The predicted molar refractivity (Wildman–Crippen MR) is 286 cm³/mol. The molecular weight excluding hydrogens is 931 g/mol. The van der Waals surface area contributed by atoms with Crippen molar-refractivity contribution < 1.29 is 22.7 Å². The van der Waals surface area contributed by atoms with Gasteiger partial charge >= 0.3 is 0 Å². The van der Waals surface area contributed by atoms with E-state index >= 15 is 0 Å². The number of rotatable bonds is 12. The first kappa shape index (κ1) is 52.4. The van der Waals surface area contributed by atoms with E-state index in [0.29, 0.717) is 17.8 Å². The van der Waals surface area contributed by atoms with E-state index in [1.54, 1.807) is 24.3 Å². The molecule has 0 amide bonds. The lowest BCUT2D eigenvalue weighted by atomic mass is 9.61. The van der Waals surface area contributed by atoms with E-state index in [1.165, 1.54) is 46.5 Å². The fourth-order valence-corrected chi connectivity index (χ4v) is 13.8. The van der Waals surface area contributed by atoms with E-state index in [4.69, 9.17) is 14.0 Å². The summed E-state index contributed by atoms with van der Waals surface area (Å²) < 4.78 is 46.5. The maximum Gasteiger partial charge on any atom is 0.192 e. The summed E-state index contributed by atoms with van der Waals surface area (Å²) >= 11 is 1.89. The van der Waals surface area contributed by atoms with Crippen LogP contribution < -0.4 is 0 Å². The Labute approximate surface area is 422 Å². The third-order valence-corrected chi connectivity index (χ3v) is 27.4. The number of aromatic nitrogens is 6. The number of benzene rings is 2. The van der Waals surface area contributed by atoms with Crippen molar-refractivity contribution in [2.24, 2.45) is 29.7 Å². The lowest BCUT2D eigenvalue weighted by Crippen LogP contribution is -2.47. The fraction of sp³-hybridized carbons (Fsp3) is 0.554. The van der Waals surface area contributed by atoms with Crippen molar-refractivity contribution in [1.29, 1.82) is 0 Å². The van der Waals surface area contributed by atoms with E-state index in [9.17, 15) is 13.9 Å². The maximum atomic E-state index is 13.6. The summed E-state index contributed by atoms with van der Waals surface area (Å²) in [4.78, 5) is 0. The van der Waals surface area contributed by atoms with Crippen molar-refractivity contribution >= 4 is 40.5 Å². The molecule has 4 aliphatic rings. The van der Waals surface area contributed by atoms with Gasteiger partial charge in [-0.1, -0.05) is 59.6 Å².